The lowest BCUT2D eigenvalue weighted by Crippen LogP contribution is -2.36. The number of nitrogens with zero attached hydrogens (tertiary/aromatic N) is 1. The molecule has 92 valence electrons. The standard InChI is InChI=1S/C12H16N2O3/c1-8(2)9(3)13-12(15)10-4-6-11(7-5-10)14(16)17/h4-9H,1-3H3,(H,13,15)/t9-/m1/s1. The molecule has 5 heteroatoms. The first-order valence-electron chi connectivity index (χ1n) is 5.47. The van der Waals surface area contributed by atoms with E-state index in [0.29, 0.717) is 11.5 Å². The molecule has 1 rings (SSSR count). The van der Waals surface area contributed by atoms with Crippen LogP contribution >= 0.6 is 0 Å². The Kier molecular flexibility index (Phi) is 4.20. The summed E-state index contributed by atoms with van der Waals surface area (Å²) in [6, 6.07) is 5.64. The maximum atomic E-state index is 11.8. The fraction of sp³-hybridized carbons (Fsp3) is 0.417. The van der Waals surface area contributed by atoms with Crippen LogP contribution in [0.2, 0.25) is 0 Å². The average Bonchev–Trinajstić information content (AvgIpc) is 2.28. The van der Waals surface area contributed by atoms with Crippen LogP contribution in [-0.2, 0) is 0 Å². The Labute approximate surface area is 100.0 Å². The van der Waals surface area contributed by atoms with E-state index >= 15 is 0 Å². The number of nitrogens with one attached hydrogen (secondary N) is 1. The van der Waals surface area contributed by atoms with Crippen LogP contribution in [0.3, 0.4) is 0 Å². The van der Waals surface area contributed by atoms with Gasteiger partial charge in [0.25, 0.3) is 11.6 Å². The summed E-state index contributed by atoms with van der Waals surface area (Å²) >= 11 is 0. The van der Waals surface area contributed by atoms with Gasteiger partial charge >= 0.3 is 0 Å². The number of carbonyl (C=O) groups excluding carboxylic acids is 1. The summed E-state index contributed by atoms with van der Waals surface area (Å²) in [5.74, 6) is 0.137. The minimum absolute atomic E-state index is 0.0153. The van der Waals surface area contributed by atoms with Gasteiger partial charge in [-0.05, 0) is 25.0 Å². The number of hydrogen-bond donors (Lipinski definition) is 1. The Bertz CT molecular complexity index is 412. The van der Waals surface area contributed by atoms with Crippen LogP contribution in [0.15, 0.2) is 24.3 Å². The highest BCUT2D eigenvalue weighted by Gasteiger charge is 2.13. The van der Waals surface area contributed by atoms with Crippen LogP contribution in [0.4, 0.5) is 5.69 Å². The second-order valence-electron chi connectivity index (χ2n) is 4.31. The molecule has 1 aromatic carbocycles. The molecular formula is C12H16N2O3. The summed E-state index contributed by atoms with van der Waals surface area (Å²) in [7, 11) is 0. The van der Waals surface area contributed by atoms with Crippen molar-refractivity contribution < 1.29 is 9.72 Å². The van der Waals surface area contributed by atoms with Crippen molar-refractivity contribution in [1.82, 2.24) is 5.32 Å². The number of benzene rings is 1. The molecule has 0 heterocycles. The largest absolute Gasteiger partial charge is 0.349 e. The Morgan fingerprint density at radius 1 is 1.24 bits per heavy atom. The lowest BCUT2D eigenvalue weighted by atomic mass is 10.1. The van der Waals surface area contributed by atoms with E-state index in [-0.39, 0.29) is 17.6 Å². The normalized spacial score (nSPS) is 12.2. The van der Waals surface area contributed by atoms with E-state index in [1.807, 2.05) is 20.8 Å². The predicted molar refractivity (Wildman–Crippen MR) is 64.9 cm³/mol. The molecule has 0 fully saturated rings. The van der Waals surface area contributed by atoms with Crippen LogP contribution in [0, 0.1) is 16.0 Å². The maximum Gasteiger partial charge on any atom is 0.269 e. The third kappa shape index (κ3) is 3.55. The minimum atomic E-state index is -0.488. The SMILES string of the molecule is CC(C)[C@@H](C)NC(=O)c1ccc([N+](=O)[O-])cc1. The molecule has 1 aromatic rings. The molecule has 1 N–H and O–H groups in total. The zero-order chi connectivity index (χ0) is 13.0. The van der Waals surface area contributed by atoms with E-state index in [0.717, 1.165) is 0 Å². The Hall–Kier alpha value is -1.91. The van der Waals surface area contributed by atoms with Gasteiger partial charge in [-0.15, -0.1) is 0 Å². The monoisotopic (exact) mass is 236 g/mol. The van der Waals surface area contributed by atoms with Gasteiger partial charge in [0.05, 0.1) is 4.92 Å². The van der Waals surface area contributed by atoms with E-state index in [1.165, 1.54) is 24.3 Å². The van der Waals surface area contributed by atoms with E-state index in [9.17, 15) is 14.9 Å². The Morgan fingerprint density at radius 2 is 1.76 bits per heavy atom. The van der Waals surface area contributed by atoms with Crippen molar-refractivity contribution in [2.45, 2.75) is 26.8 Å². The van der Waals surface area contributed by atoms with Crippen LogP contribution in [0.5, 0.6) is 0 Å². The smallest absolute Gasteiger partial charge is 0.269 e. The quantitative estimate of drug-likeness (QED) is 0.644. The summed E-state index contributed by atoms with van der Waals surface area (Å²) in [5, 5.41) is 13.3. The number of amides is 1. The topological polar surface area (TPSA) is 72.2 Å². The van der Waals surface area contributed by atoms with Gasteiger partial charge in [-0.3, -0.25) is 14.9 Å². The molecule has 0 saturated heterocycles. The van der Waals surface area contributed by atoms with E-state index in [1.54, 1.807) is 0 Å². The Morgan fingerprint density at radius 3 is 2.18 bits per heavy atom. The van der Waals surface area contributed by atoms with Crippen LogP contribution in [0.25, 0.3) is 0 Å². The minimum Gasteiger partial charge on any atom is -0.349 e. The number of nitro groups is 1. The summed E-state index contributed by atoms with van der Waals surface area (Å²) < 4.78 is 0. The van der Waals surface area contributed by atoms with Crippen molar-refractivity contribution in [2.75, 3.05) is 0 Å². The second-order valence-corrected chi connectivity index (χ2v) is 4.31. The van der Waals surface area contributed by atoms with Crippen molar-refractivity contribution in [1.29, 1.82) is 0 Å². The van der Waals surface area contributed by atoms with Gasteiger partial charge in [0.1, 0.15) is 0 Å². The molecule has 0 aromatic heterocycles. The number of rotatable bonds is 4. The molecule has 1 atom stereocenters. The molecule has 5 nitrogen and oxygen atoms in total. The fourth-order valence-electron chi connectivity index (χ4n) is 1.19. The summed E-state index contributed by atoms with van der Waals surface area (Å²) in [5.41, 5.74) is 0.418. The average molecular weight is 236 g/mol. The van der Waals surface area contributed by atoms with Gasteiger partial charge in [-0.25, -0.2) is 0 Å². The molecular weight excluding hydrogens is 220 g/mol. The Balaban J connectivity index is 2.73. The van der Waals surface area contributed by atoms with E-state index in [2.05, 4.69) is 5.32 Å². The van der Waals surface area contributed by atoms with Gasteiger partial charge in [0.2, 0.25) is 0 Å². The molecule has 0 aliphatic rings. The molecule has 0 spiro atoms. The van der Waals surface area contributed by atoms with Crippen LogP contribution in [-0.4, -0.2) is 16.9 Å². The van der Waals surface area contributed by atoms with Crippen molar-refractivity contribution >= 4 is 11.6 Å². The van der Waals surface area contributed by atoms with Crippen LogP contribution in [0.1, 0.15) is 31.1 Å². The molecule has 0 unspecified atom stereocenters. The number of nitro benzene ring substituents is 1. The zero-order valence-electron chi connectivity index (χ0n) is 10.1. The highest BCUT2D eigenvalue weighted by molar-refractivity contribution is 5.94. The first kappa shape index (κ1) is 13.2. The molecule has 0 aliphatic heterocycles. The molecule has 0 bridgehead atoms. The van der Waals surface area contributed by atoms with Crippen molar-refractivity contribution in [3.63, 3.8) is 0 Å². The van der Waals surface area contributed by atoms with Gasteiger partial charge < -0.3 is 5.32 Å². The second kappa shape index (κ2) is 5.43. The third-order valence-corrected chi connectivity index (χ3v) is 2.70. The lowest BCUT2D eigenvalue weighted by molar-refractivity contribution is -0.384. The summed E-state index contributed by atoms with van der Waals surface area (Å²) in [6.07, 6.45) is 0. The van der Waals surface area contributed by atoms with Crippen molar-refractivity contribution in [3.8, 4) is 0 Å². The van der Waals surface area contributed by atoms with E-state index < -0.39 is 4.92 Å². The van der Waals surface area contributed by atoms with Crippen LogP contribution < -0.4 is 5.32 Å². The summed E-state index contributed by atoms with van der Waals surface area (Å²) in [6.45, 7) is 5.95. The molecule has 1 amide bonds. The predicted octanol–water partition coefficient (Wildman–Crippen LogP) is 2.37. The van der Waals surface area contributed by atoms with Crippen molar-refractivity contribution in [2.24, 2.45) is 5.92 Å². The third-order valence-electron chi connectivity index (χ3n) is 2.70. The lowest BCUT2D eigenvalue weighted by Gasteiger charge is -2.17. The summed E-state index contributed by atoms with van der Waals surface area (Å²) in [4.78, 5) is 21.7. The zero-order valence-corrected chi connectivity index (χ0v) is 10.1. The number of carbonyl (C=O) groups is 1. The highest BCUT2D eigenvalue weighted by Crippen LogP contribution is 2.12. The van der Waals surface area contributed by atoms with Gasteiger partial charge in [-0.1, -0.05) is 13.8 Å². The number of hydrogen-bond acceptors (Lipinski definition) is 3. The molecule has 0 aliphatic carbocycles. The van der Waals surface area contributed by atoms with Gasteiger partial charge in [0.15, 0.2) is 0 Å². The molecule has 0 radical (unpaired) electrons. The van der Waals surface area contributed by atoms with Gasteiger partial charge in [-0.2, -0.15) is 0 Å². The first-order chi connectivity index (χ1) is 7.91. The first-order valence-corrected chi connectivity index (χ1v) is 5.47. The maximum absolute atomic E-state index is 11.8. The van der Waals surface area contributed by atoms with Crippen molar-refractivity contribution in [3.05, 3.63) is 39.9 Å². The van der Waals surface area contributed by atoms with E-state index in [4.69, 9.17) is 0 Å². The molecule has 17 heavy (non-hydrogen) atoms. The van der Waals surface area contributed by atoms with Gasteiger partial charge in [0, 0.05) is 23.7 Å². The fourth-order valence-corrected chi connectivity index (χ4v) is 1.19. The number of non-ortho nitro benzene ring substituents is 1. The molecule has 0 saturated carbocycles. The highest BCUT2D eigenvalue weighted by atomic mass is 16.6.